The van der Waals surface area contributed by atoms with Crippen LogP contribution in [0.1, 0.15) is 40.6 Å². The molecule has 0 N–H and O–H groups in total. The third-order valence-corrected chi connectivity index (χ3v) is 7.66. The van der Waals surface area contributed by atoms with Crippen LogP contribution >= 0.6 is 11.8 Å². The average molecular weight is 500 g/mol. The van der Waals surface area contributed by atoms with Crippen LogP contribution in [0.4, 0.5) is 0 Å². The Kier molecular flexibility index (Phi) is 5.44. The van der Waals surface area contributed by atoms with Crippen LogP contribution in [-0.2, 0) is 0 Å². The Morgan fingerprint density at radius 3 is 2.67 bits per heavy atom. The van der Waals surface area contributed by atoms with E-state index in [1.165, 1.54) is 29.2 Å². The minimum absolute atomic E-state index is 0.0576. The van der Waals surface area contributed by atoms with Crippen LogP contribution in [0.15, 0.2) is 64.5 Å². The summed E-state index contributed by atoms with van der Waals surface area (Å²) >= 11 is 1.33. The molecule has 0 atom stereocenters. The van der Waals surface area contributed by atoms with Gasteiger partial charge in [0.05, 0.1) is 29.5 Å². The molecule has 1 saturated carbocycles. The molecule has 0 aliphatic heterocycles. The van der Waals surface area contributed by atoms with Gasteiger partial charge in [-0.3, -0.25) is 14.0 Å². The fourth-order valence-electron chi connectivity index (χ4n) is 4.92. The Morgan fingerprint density at radius 1 is 1.08 bits per heavy atom. The normalized spacial score (nSPS) is 13.5. The van der Waals surface area contributed by atoms with Crippen LogP contribution in [0.2, 0.25) is 0 Å². The van der Waals surface area contributed by atoms with E-state index in [9.17, 15) is 9.59 Å². The molecule has 8 nitrogen and oxygen atoms in total. The standard InChI is InChI=1S/C27H25N5O3S/c1-16-13-22(17(2)30(16)18-11-12-18)24(33)15-36-27-29-28-26-31(19-7-6-8-20(14-19)35-3)25(34)21-9-4-5-10-23(21)32(26)27/h4-10,13-14,18H,11-12,15H2,1-3H3. The molecule has 1 fully saturated rings. The fourth-order valence-corrected chi connectivity index (χ4v) is 5.74. The number of thioether (sulfide) groups is 1. The van der Waals surface area contributed by atoms with Crippen molar-refractivity contribution in [1.29, 1.82) is 0 Å². The fraction of sp³-hybridized carbons (Fsp3) is 0.259. The molecule has 0 saturated heterocycles. The number of carbonyl (C=O) groups excluding carboxylic acids is 1. The summed E-state index contributed by atoms with van der Waals surface area (Å²) in [4.78, 5) is 26.7. The quantitative estimate of drug-likeness (QED) is 0.237. The first-order valence-corrected chi connectivity index (χ1v) is 12.8. The Balaban J connectivity index is 1.42. The molecule has 5 aromatic rings. The Morgan fingerprint density at radius 2 is 1.89 bits per heavy atom. The van der Waals surface area contributed by atoms with Crippen molar-refractivity contribution in [3.63, 3.8) is 0 Å². The van der Waals surface area contributed by atoms with E-state index in [1.807, 2.05) is 53.8 Å². The minimum Gasteiger partial charge on any atom is -0.497 e. The molecule has 3 heterocycles. The van der Waals surface area contributed by atoms with Crippen molar-refractivity contribution in [2.75, 3.05) is 12.9 Å². The highest BCUT2D eigenvalue weighted by Crippen LogP contribution is 2.38. The molecule has 6 rings (SSSR count). The van der Waals surface area contributed by atoms with Gasteiger partial charge in [-0.2, -0.15) is 0 Å². The number of ketones is 1. The monoisotopic (exact) mass is 499 g/mol. The van der Waals surface area contributed by atoms with Gasteiger partial charge >= 0.3 is 0 Å². The van der Waals surface area contributed by atoms with Crippen LogP contribution in [-0.4, -0.2) is 42.4 Å². The van der Waals surface area contributed by atoms with E-state index in [0.29, 0.717) is 39.3 Å². The number of methoxy groups -OCH3 is 1. The molecule has 182 valence electrons. The van der Waals surface area contributed by atoms with Crippen molar-refractivity contribution in [2.45, 2.75) is 37.9 Å². The minimum atomic E-state index is -0.195. The SMILES string of the molecule is COc1cccc(-n2c(=O)c3ccccc3n3c(SCC(=O)c4cc(C)n(C5CC5)c4C)nnc23)c1. The second kappa shape index (κ2) is 8.67. The zero-order valence-electron chi connectivity index (χ0n) is 20.3. The molecule has 0 radical (unpaired) electrons. The van der Waals surface area contributed by atoms with Crippen LogP contribution in [0.5, 0.6) is 5.75 Å². The first-order valence-electron chi connectivity index (χ1n) is 11.9. The molecular weight excluding hydrogens is 474 g/mol. The van der Waals surface area contributed by atoms with Gasteiger partial charge in [-0.1, -0.05) is 30.0 Å². The van der Waals surface area contributed by atoms with Gasteiger partial charge in [-0.05, 0) is 57.0 Å². The van der Waals surface area contributed by atoms with Gasteiger partial charge in [0.2, 0.25) is 5.78 Å². The summed E-state index contributed by atoms with van der Waals surface area (Å²) < 4.78 is 11.0. The van der Waals surface area contributed by atoms with Gasteiger partial charge in [-0.15, -0.1) is 10.2 Å². The molecule has 0 unspecified atom stereocenters. The molecule has 0 bridgehead atoms. The number of ether oxygens (including phenoxy) is 1. The van der Waals surface area contributed by atoms with Gasteiger partial charge in [0.1, 0.15) is 5.75 Å². The van der Waals surface area contributed by atoms with Gasteiger partial charge in [0.25, 0.3) is 5.56 Å². The van der Waals surface area contributed by atoms with E-state index in [1.54, 1.807) is 19.2 Å². The third-order valence-electron chi connectivity index (χ3n) is 6.74. The molecule has 1 aliphatic carbocycles. The van der Waals surface area contributed by atoms with Gasteiger partial charge < -0.3 is 9.30 Å². The highest BCUT2D eigenvalue weighted by molar-refractivity contribution is 7.99. The van der Waals surface area contributed by atoms with E-state index in [2.05, 4.69) is 21.7 Å². The second-order valence-electron chi connectivity index (χ2n) is 9.08. The average Bonchev–Trinajstić information content (AvgIpc) is 3.56. The molecule has 0 amide bonds. The summed E-state index contributed by atoms with van der Waals surface area (Å²) in [7, 11) is 1.59. The van der Waals surface area contributed by atoms with Crippen molar-refractivity contribution in [3.05, 3.63) is 81.9 Å². The summed E-state index contributed by atoms with van der Waals surface area (Å²) in [6, 6.07) is 17.2. The predicted octanol–water partition coefficient (Wildman–Crippen LogP) is 4.77. The maximum atomic E-state index is 13.5. The largest absolute Gasteiger partial charge is 0.497 e. The van der Waals surface area contributed by atoms with Crippen molar-refractivity contribution in [1.82, 2.24) is 23.7 Å². The number of aryl methyl sites for hydroxylation is 1. The lowest BCUT2D eigenvalue weighted by molar-refractivity contribution is 0.102. The molecule has 3 aromatic heterocycles. The van der Waals surface area contributed by atoms with Crippen molar-refractivity contribution in [3.8, 4) is 11.4 Å². The number of aromatic nitrogens is 5. The molecule has 1 aliphatic rings. The Bertz CT molecular complexity index is 1710. The van der Waals surface area contributed by atoms with Crippen molar-refractivity contribution in [2.24, 2.45) is 0 Å². The summed E-state index contributed by atoms with van der Waals surface area (Å²) in [6.07, 6.45) is 2.35. The number of rotatable bonds is 7. The molecule has 0 spiro atoms. The van der Waals surface area contributed by atoms with Gasteiger partial charge in [0, 0.05) is 29.1 Å². The van der Waals surface area contributed by atoms with E-state index in [4.69, 9.17) is 4.74 Å². The summed E-state index contributed by atoms with van der Waals surface area (Å²) in [6.45, 7) is 4.08. The van der Waals surface area contributed by atoms with Crippen molar-refractivity contribution < 1.29 is 9.53 Å². The van der Waals surface area contributed by atoms with Crippen LogP contribution in [0.3, 0.4) is 0 Å². The lowest BCUT2D eigenvalue weighted by Gasteiger charge is -2.12. The Labute approximate surface area is 211 Å². The number of nitrogens with zero attached hydrogens (tertiary/aromatic N) is 5. The number of carbonyl (C=O) groups is 1. The topological polar surface area (TPSA) is 83.4 Å². The molecular formula is C27H25N5O3S. The van der Waals surface area contributed by atoms with E-state index in [-0.39, 0.29) is 17.1 Å². The maximum absolute atomic E-state index is 13.5. The van der Waals surface area contributed by atoms with Crippen LogP contribution < -0.4 is 10.3 Å². The zero-order chi connectivity index (χ0) is 25.0. The number of fused-ring (bicyclic) bond motifs is 3. The highest BCUT2D eigenvalue weighted by Gasteiger charge is 2.28. The smallest absolute Gasteiger partial charge is 0.267 e. The third kappa shape index (κ3) is 3.62. The first-order chi connectivity index (χ1) is 17.5. The maximum Gasteiger partial charge on any atom is 0.267 e. The summed E-state index contributed by atoms with van der Waals surface area (Å²) in [5.41, 5.74) is 4.05. The second-order valence-corrected chi connectivity index (χ2v) is 10.0. The van der Waals surface area contributed by atoms with E-state index in [0.717, 1.165) is 17.0 Å². The van der Waals surface area contributed by atoms with Gasteiger partial charge in [-0.25, -0.2) is 4.57 Å². The van der Waals surface area contributed by atoms with E-state index < -0.39 is 0 Å². The highest BCUT2D eigenvalue weighted by atomic mass is 32.2. The summed E-state index contributed by atoms with van der Waals surface area (Å²) in [5, 5.41) is 9.86. The van der Waals surface area contributed by atoms with Gasteiger partial charge in [0.15, 0.2) is 10.9 Å². The zero-order valence-corrected chi connectivity index (χ0v) is 21.1. The van der Waals surface area contributed by atoms with Crippen LogP contribution in [0.25, 0.3) is 22.4 Å². The first kappa shape index (κ1) is 22.6. The predicted molar refractivity (Wildman–Crippen MR) is 140 cm³/mol. The number of benzene rings is 2. The Hall–Kier alpha value is -3.85. The molecule has 9 heteroatoms. The summed E-state index contributed by atoms with van der Waals surface area (Å²) in [5.74, 6) is 1.30. The molecule has 36 heavy (non-hydrogen) atoms. The van der Waals surface area contributed by atoms with E-state index >= 15 is 0 Å². The number of Topliss-reactive ketones (excluding diaryl/α,β-unsaturated/α-hetero) is 1. The van der Waals surface area contributed by atoms with Crippen molar-refractivity contribution >= 4 is 34.2 Å². The number of hydrogen-bond donors (Lipinski definition) is 0. The lowest BCUT2D eigenvalue weighted by atomic mass is 10.2. The number of hydrogen-bond acceptors (Lipinski definition) is 6. The van der Waals surface area contributed by atoms with Crippen LogP contribution in [0, 0.1) is 13.8 Å². The molecule has 2 aromatic carbocycles. The lowest BCUT2D eigenvalue weighted by Crippen LogP contribution is -2.22. The number of para-hydroxylation sites is 1.